The van der Waals surface area contributed by atoms with E-state index in [-0.39, 0.29) is 0 Å². The van der Waals surface area contributed by atoms with Crippen molar-refractivity contribution >= 4 is 18.5 Å². The number of amides is 1. The first-order chi connectivity index (χ1) is 6.63. The van der Waals surface area contributed by atoms with E-state index < -0.39 is 0 Å². The van der Waals surface area contributed by atoms with Gasteiger partial charge in [0.1, 0.15) is 0 Å². The molecule has 0 radical (unpaired) electrons. The van der Waals surface area contributed by atoms with Gasteiger partial charge in [0, 0.05) is 19.5 Å². The van der Waals surface area contributed by atoms with Crippen molar-refractivity contribution in [3.63, 3.8) is 0 Å². The second kappa shape index (κ2) is 5.64. The van der Waals surface area contributed by atoms with Gasteiger partial charge in [0.15, 0.2) is 0 Å². The number of hydrogen-bond donors (Lipinski definition) is 1. The molecule has 0 spiro atoms. The summed E-state index contributed by atoms with van der Waals surface area (Å²) in [4.78, 5) is 13.5. The summed E-state index contributed by atoms with van der Waals surface area (Å²) in [5.74, 6) is 2.54. The monoisotopic (exact) mass is 215 g/mol. The topological polar surface area (TPSA) is 20.3 Å². The Bertz CT molecular complexity index is 196. The summed E-state index contributed by atoms with van der Waals surface area (Å²) in [6.07, 6.45) is 3.03. The summed E-state index contributed by atoms with van der Waals surface area (Å²) in [5.41, 5.74) is 0. The number of thiol groups is 1. The lowest BCUT2D eigenvalue weighted by Gasteiger charge is -2.18. The molecule has 82 valence electrons. The molecule has 14 heavy (non-hydrogen) atoms. The first-order valence-electron chi connectivity index (χ1n) is 5.52. The summed E-state index contributed by atoms with van der Waals surface area (Å²) in [6, 6.07) is 0. The summed E-state index contributed by atoms with van der Waals surface area (Å²) in [5, 5.41) is 0. The Morgan fingerprint density at radius 3 is 2.79 bits per heavy atom. The fraction of sp³-hybridized carbons (Fsp3) is 0.909. The van der Waals surface area contributed by atoms with Crippen molar-refractivity contribution in [1.29, 1.82) is 0 Å². The van der Waals surface area contributed by atoms with Crippen LogP contribution in [-0.2, 0) is 4.79 Å². The Labute approximate surface area is 92.5 Å². The van der Waals surface area contributed by atoms with Crippen LogP contribution < -0.4 is 0 Å². The number of carbonyl (C=O) groups is 1. The molecule has 3 heteroatoms. The Morgan fingerprint density at radius 1 is 1.57 bits per heavy atom. The first kappa shape index (κ1) is 11.9. The largest absolute Gasteiger partial charge is 0.342 e. The fourth-order valence-corrected chi connectivity index (χ4v) is 2.37. The van der Waals surface area contributed by atoms with Crippen molar-refractivity contribution in [2.45, 2.75) is 33.1 Å². The molecule has 0 aliphatic carbocycles. The Kier molecular flexibility index (Phi) is 4.79. The molecule has 0 aromatic rings. The maximum Gasteiger partial charge on any atom is 0.222 e. The molecule has 0 aromatic heterocycles. The van der Waals surface area contributed by atoms with Gasteiger partial charge in [-0.25, -0.2) is 0 Å². The second-order valence-electron chi connectivity index (χ2n) is 4.56. The van der Waals surface area contributed by atoms with Gasteiger partial charge in [-0.15, -0.1) is 0 Å². The van der Waals surface area contributed by atoms with Crippen LogP contribution in [-0.4, -0.2) is 29.6 Å². The van der Waals surface area contributed by atoms with E-state index in [0.717, 1.165) is 38.1 Å². The van der Waals surface area contributed by atoms with E-state index in [2.05, 4.69) is 26.5 Å². The summed E-state index contributed by atoms with van der Waals surface area (Å²) in [6.45, 7) is 6.29. The van der Waals surface area contributed by atoms with Gasteiger partial charge in [-0.1, -0.05) is 13.8 Å². The van der Waals surface area contributed by atoms with E-state index in [0.29, 0.717) is 17.7 Å². The maximum absolute atomic E-state index is 11.5. The third kappa shape index (κ3) is 3.52. The molecule has 1 aliphatic rings. The van der Waals surface area contributed by atoms with E-state index in [9.17, 15) is 4.79 Å². The maximum atomic E-state index is 11.5. The number of hydrogen-bond acceptors (Lipinski definition) is 2. The summed E-state index contributed by atoms with van der Waals surface area (Å²) >= 11 is 4.21. The molecule has 0 bridgehead atoms. The molecule has 1 aliphatic heterocycles. The first-order valence-corrected chi connectivity index (χ1v) is 6.15. The zero-order chi connectivity index (χ0) is 10.6. The average molecular weight is 215 g/mol. The lowest BCUT2D eigenvalue weighted by molar-refractivity contribution is -0.127. The standard InChI is InChI=1S/C11H21NOS/c1-9(4-6-14)3-5-12-8-10(2)7-11(12)13/h9-10,14H,3-8H2,1-2H3. The van der Waals surface area contributed by atoms with E-state index >= 15 is 0 Å². The molecule has 1 amide bonds. The third-order valence-electron chi connectivity index (χ3n) is 2.92. The lowest BCUT2D eigenvalue weighted by Crippen LogP contribution is -2.27. The predicted molar refractivity (Wildman–Crippen MR) is 62.6 cm³/mol. The SMILES string of the molecule is CC(CCS)CCN1CC(C)CC1=O. The van der Waals surface area contributed by atoms with Gasteiger partial charge in [-0.2, -0.15) is 12.6 Å². The highest BCUT2D eigenvalue weighted by atomic mass is 32.1. The van der Waals surface area contributed by atoms with Crippen molar-refractivity contribution in [1.82, 2.24) is 4.90 Å². The normalized spacial score (nSPS) is 24.4. The molecule has 0 aromatic carbocycles. The summed E-state index contributed by atoms with van der Waals surface area (Å²) < 4.78 is 0. The van der Waals surface area contributed by atoms with Crippen molar-refractivity contribution in [3.05, 3.63) is 0 Å². The van der Waals surface area contributed by atoms with Crippen LogP contribution in [0, 0.1) is 11.8 Å². The van der Waals surface area contributed by atoms with Crippen LogP contribution >= 0.6 is 12.6 Å². The van der Waals surface area contributed by atoms with Crippen LogP contribution in [0.5, 0.6) is 0 Å². The van der Waals surface area contributed by atoms with E-state index in [1.807, 2.05) is 4.90 Å². The third-order valence-corrected chi connectivity index (χ3v) is 3.18. The van der Waals surface area contributed by atoms with Crippen LogP contribution in [0.3, 0.4) is 0 Å². The number of carbonyl (C=O) groups excluding carboxylic acids is 1. The molecule has 2 unspecified atom stereocenters. The molecule has 2 nitrogen and oxygen atoms in total. The minimum absolute atomic E-state index is 0.343. The molecule has 0 N–H and O–H groups in total. The van der Waals surface area contributed by atoms with Crippen molar-refractivity contribution < 1.29 is 4.79 Å². The lowest BCUT2D eigenvalue weighted by atomic mass is 10.1. The fourth-order valence-electron chi connectivity index (χ4n) is 1.93. The quantitative estimate of drug-likeness (QED) is 0.697. The van der Waals surface area contributed by atoms with Crippen LogP contribution in [0.25, 0.3) is 0 Å². The van der Waals surface area contributed by atoms with Crippen LogP contribution in [0.1, 0.15) is 33.1 Å². The van der Waals surface area contributed by atoms with Crippen LogP contribution in [0.2, 0.25) is 0 Å². The molecule has 1 heterocycles. The molecule has 0 saturated carbocycles. The van der Waals surface area contributed by atoms with Gasteiger partial charge in [0.2, 0.25) is 5.91 Å². The molecule has 1 fully saturated rings. The number of likely N-dealkylation sites (tertiary alicyclic amines) is 1. The van der Waals surface area contributed by atoms with Gasteiger partial charge in [-0.05, 0) is 30.4 Å². The molecular formula is C11H21NOS. The highest BCUT2D eigenvalue weighted by Crippen LogP contribution is 2.18. The van der Waals surface area contributed by atoms with E-state index in [4.69, 9.17) is 0 Å². The van der Waals surface area contributed by atoms with Crippen molar-refractivity contribution in [3.8, 4) is 0 Å². The van der Waals surface area contributed by atoms with Gasteiger partial charge < -0.3 is 4.90 Å². The summed E-state index contributed by atoms with van der Waals surface area (Å²) in [7, 11) is 0. The van der Waals surface area contributed by atoms with Crippen molar-refractivity contribution in [2.24, 2.45) is 11.8 Å². The minimum atomic E-state index is 0.343. The van der Waals surface area contributed by atoms with E-state index in [1.165, 1.54) is 0 Å². The Hall–Kier alpha value is -0.180. The number of nitrogens with zero attached hydrogens (tertiary/aromatic N) is 1. The zero-order valence-corrected chi connectivity index (χ0v) is 10.1. The molecule has 1 rings (SSSR count). The zero-order valence-electron chi connectivity index (χ0n) is 9.20. The van der Waals surface area contributed by atoms with Gasteiger partial charge in [0.05, 0.1) is 0 Å². The van der Waals surface area contributed by atoms with E-state index in [1.54, 1.807) is 0 Å². The minimum Gasteiger partial charge on any atom is -0.342 e. The average Bonchev–Trinajstić information content (AvgIpc) is 2.42. The van der Waals surface area contributed by atoms with Gasteiger partial charge in [0.25, 0.3) is 0 Å². The molecule has 2 atom stereocenters. The molecule has 1 saturated heterocycles. The highest BCUT2D eigenvalue weighted by Gasteiger charge is 2.25. The Morgan fingerprint density at radius 2 is 2.29 bits per heavy atom. The van der Waals surface area contributed by atoms with Crippen LogP contribution in [0.15, 0.2) is 0 Å². The number of rotatable bonds is 5. The second-order valence-corrected chi connectivity index (χ2v) is 5.00. The highest BCUT2D eigenvalue weighted by molar-refractivity contribution is 7.80. The Balaban J connectivity index is 2.21. The van der Waals surface area contributed by atoms with Gasteiger partial charge >= 0.3 is 0 Å². The van der Waals surface area contributed by atoms with Crippen molar-refractivity contribution in [2.75, 3.05) is 18.8 Å². The van der Waals surface area contributed by atoms with Gasteiger partial charge in [-0.3, -0.25) is 4.79 Å². The molecular weight excluding hydrogens is 194 g/mol. The predicted octanol–water partition coefficient (Wildman–Crippen LogP) is 2.20. The smallest absolute Gasteiger partial charge is 0.222 e. The van der Waals surface area contributed by atoms with Crippen LogP contribution in [0.4, 0.5) is 0 Å².